The second-order valence-corrected chi connectivity index (χ2v) is 10.4. The van der Waals surface area contributed by atoms with Crippen molar-refractivity contribution in [2.24, 2.45) is 7.05 Å². The molecule has 1 aromatic heterocycles. The highest BCUT2D eigenvalue weighted by molar-refractivity contribution is 7.89. The third kappa shape index (κ3) is 4.86. The van der Waals surface area contributed by atoms with Crippen molar-refractivity contribution in [2.75, 3.05) is 6.54 Å². The van der Waals surface area contributed by atoms with E-state index >= 15 is 0 Å². The molecule has 4 aromatic carbocycles. The molecule has 0 radical (unpaired) electrons. The highest BCUT2D eigenvalue weighted by atomic mass is 32.2. The van der Waals surface area contributed by atoms with Crippen LogP contribution in [0.2, 0.25) is 0 Å². The number of benzene rings is 4. The second kappa shape index (κ2) is 9.93. The van der Waals surface area contributed by atoms with Crippen molar-refractivity contribution >= 4 is 37.7 Å². The van der Waals surface area contributed by atoms with Crippen molar-refractivity contribution in [2.45, 2.75) is 17.4 Å². The molecule has 0 fully saturated rings. The molecule has 0 saturated heterocycles. The zero-order chi connectivity index (χ0) is 25.1. The van der Waals surface area contributed by atoms with Gasteiger partial charge in [0.2, 0.25) is 15.9 Å². The van der Waals surface area contributed by atoms with Crippen LogP contribution in [0.4, 0.5) is 0 Å². The molecule has 5 rings (SSSR count). The summed E-state index contributed by atoms with van der Waals surface area (Å²) in [4.78, 5) is 17.9. The molecule has 1 atom stereocenters. The molecule has 36 heavy (non-hydrogen) atoms. The van der Waals surface area contributed by atoms with Gasteiger partial charge in [-0.05, 0) is 40.6 Å². The highest BCUT2D eigenvalue weighted by Gasteiger charge is 2.23. The van der Waals surface area contributed by atoms with Gasteiger partial charge < -0.3 is 9.88 Å². The van der Waals surface area contributed by atoms with Crippen molar-refractivity contribution in [3.63, 3.8) is 0 Å². The van der Waals surface area contributed by atoms with Crippen molar-refractivity contribution < 1.29 is 13.2 Å². The summed E-state index contributed by atoms with van der Waals surface area (Å²) in [7, 11) is -1.83. The van der Waals surface area contributed by atoms with E-state index in [4.69, 9.17) is 4.98 Å². The molecule has 0 aliphatic carbocycles. The van der Waals surface area contributed by atoms with Gasteiger partial charge in [0, 0.05) is 20.0 Å². The molecule has 0 spiro atoms. The Hall–Kier alpha value is -4.01. The minimum Gasteiger partial charge on any atom is -0.342 e. The number of aryl methyl sites for hydroxylation is 1. The summed E-state index contributed by atoms with van der Waals surface area (Å²) < 4.78 is 30.1. The maximum Gasteiger partial charge on any atom is 0.240 e. The summed E-state index contributed by atoms with van der Waals surface area (Å²) in [6.07, 6.45) is -0.0138. The lowest BCUT2D eigenvalue weighted by molar-refractivity contribution is -0.121. The molecule has 0 bridgehead atoms. The lowest BCUT2D eigenvalue weighted by atomic mass is 10.1. The molecule has 5 aromatic rings. The predicted octanol–water partition coefficient (Wildman–Crippen LogP) is 4.30. The Morgan fingerprint density at radius 2 is 1.58 bits per heavy atom. The van der Waals surface area contributed by atoms with Gasteiger partial charge in [-0.15, -0.1) is 0 Å². The van der Waals surface area contributed by atoms with Gasteiger partial charge in [-0.3, -0.25) is 4.79 Å². The zero-order valence-corrected chi connectivity index (χ0v) is 20.6. The smallest absolute Gasteiger partial charge is 0.240 e. The zero-order valence-electron chi connectivity index (χ0n) is 19.8. The molecular weight excluding hydrogens is 472 g/mol. The molecule has 1 heterocycles. The van der Waals surface area contributed by atoms with Crippen LogP contribution < -0.4 is 10.0 Å². The fourth-order valence-corrected chi connectivity index (χ4v) is 5.38. The van der Waals surface area contributed by atoms with Crippen LogP contribution in [0.25, 0.3) is 21.8 Å². The van der Waals surface area contributed by atoms with E-state index < -0.39 is 16.1 Å². The van der Waals surface area contributed by atoms with Gasteiger partial charge in [0.1, 0.15) is 11.9 Å². The Morgan fingerprint density at radius 3 is 2.36 bits per heavy atom. The van der Waals surface area contributed by atoms with E-state index in [1.54, 1.807) is 18.2 Å². The lowest BCUT2D eigenvalue weighted by Crippen LogP contribution is -2.34. The van der Waals surface area contributed by atoms with Crippen molar-refractivity contribution in [3.05, 3.63) is 108 Å². The first-order valence-electron chi connectivity index (χ1n) is 11.7. The Kier molecular flexibility index (Phi) is 6.54. The van der Waals surface area contributed by atoms with Gasteiger partial charge in [-0.2, -0.15) is 0 Å². The molecule has 8 heteroatoms. The minimum atomic E-state index is -3.75. The van der Waals surface area contributed by atoms with Crippen molar-refractivity contribution in [1.82, 2.24) is 19.6 Å². The Balaban J connectivity index is 1.30. The van der Waals surface area contributed by atoms with E-state index in [1.807, 2.05) is 90.5 Å². The fourth-order valence-electron chi connectivity index (χ4n) is 4.31. The van der Waals surface area contributed by atoms with Crippen LogP contribution in [0, 0.1) is 0 Å². The average Bonchev–Trinajstić information content (AvgIpc) is 3.23. The number of imidazole rings is 1. The van der Waals surface area contributed by atoms with Gasteiger partial charge in [0.05, 0.1) is 15.9 Å². The first-order chi connectivity index (χ1) is 17.4. The third-order valence-corrected chi connectivity index (χ3v) is 7.65. The topological polar surface area (TPSA) is 93.1 Å². The standard InChI is InChI=1S/C28H26N4O3S/c1-32-25-14-8-7-13-24(25)30-28(32)27(21-10-3-2-4-11-21)31-26(33)17-18-29-36(34,35)23-16-15-20-9-5-6-12-22(20)19-23/h2-16,19,27,29H,17-18H2,1H3,(H,31,33). The van der Waals surface area contributed by atoms with Gasteiger partial charge in [-0.25, -0.2) is 18.1 Å². The number of rotatable bonds is 8. The Labute approximate surface area is 209 Å². The number of aromatic nitrogens is 2. The van der Waals surface area contributed by atoms with Crippen LogP contribution in [-0.4, -0.2) is 30.4 Å². The number of amides is 1. The van der Waals surface area contributed by atoms with Crippen LogP contribution in [0.1, 0.15) is 23.9 Å². The monoisotopic (exact) mass is 498 g/mol. The molecule has 2 N–H and O–H groups in total. The van der Waals surface area contributed by atoms with E-state index in [2.05, 4.69) is 10.0 Å². The van der Waals surface area contributed by atoms with E-state index in [9.17, 15) is 13.2 Å². The van der Waals surface area contributed by atoms with Crippen molar-refractivity contribution in [3.8, 4) is 0 Å². The van der Waals surface area contributed by atoms with Gasteiger partial charge in [0.15, 0.2) is 0 Å². The molecule has 182 valence electrons. The molecule has 7 nitrogen and oxygen atoms in total. The fraction of sp³-hybridized carbons (Fsp3) is 0.143. The first-order valence-corrected chi connectivity index (χ1v) is 13.1. The van der Waals surface area contributed by atoms with Gasteiger partial charge in [-0.1, -0.05) is 72.8 Å². The number of sulfonamides is 1. The lowest BCUT2D eigenvalue weighted by Gasteiger charge is -2.19. The molecule has 1 amide bonds. The van der Waals surface area contributed by atoms with E-state index in [0.717, 1.165) is 27.4 Å². The van der Waals surface area contributed by atoms with Crippen LogP contribution in [0.5, 0.6) is 0 Å². The normalized spacial score (nSPS) is 12.6. The number of nitrogens with one attached hydrogen (secondary N) is 2. The Bertz CT molecular complexity index is 1650. The minimum absolute atomic E-state index is 0.0138. The number of fused-ring (bicyclic) bond motifs is 2. The van der Waals surface area contributed by atoms with E-state index in [-0.39, 0.29) is 23.8 Å². The maximum atomic E-state index is 12.9. The van der Waals surface area contributed by atoms with Crippen molar-refractivity contribution in [1.29, 1.82) is 0 Å². The second-order valence-electron chi connectivity index (χ2n) is 8.59. The van der Waals surface area contributed by atoms with Crippen LogP contribution in [-0.2, 0) is 21.9 Å². The number of para-hydroxylation sites is 2. The molecule has 0 saturated carbocycles. The summed E-state index contributed by atoms with van der Waals surface area (Å²) in [6.45, 7) is -0.0228. The number of carbonyl (C=O) groups is 1. The first kappa shape index (κ1) is 23.7. The number of carbonyl (C=O) groups excluding carboxylic acids is 1. The molecular formula is C28H26N4O3S. The molecule has 1 unspecified atom stereocenters. The summed E-state index contributed by atoms with van der Waals surface area (Å²) in [5, 5.41) is 4.85. The third-order valence-electron chi connectivity index (χ3n) is 6.19. The van der Waals surface area contributed by atoms with Crippen LogP contribution in [0.3, 0.4) is 0 Å². The summed E-state index contributed by atoms with van der Waals surface area (Å²) in [5.41, 5.74) is 2.69. The molecule has 0 aliphatic heterocycles. The van der Waals surface area contributed by atoms with Gasteiger partial charge in [0.25, 0.3) is 0 Å². The number of hydrogen-bond acceptors (Lipinski definition) is 4. The average molecular weight is 499 g/mol. The molecule has 0 aliphatic rings. The summed E-state index contributed by atoms with van der Waals surface area (Å²) in [6, 6.07) is 29.5. The quantitative estimate of drug-likeness (QED) is 0.334. The maximum absolute atomic E-state index is 12.9. The van der Waals surface area contributed by atoms with Gasteiger partial charge >= 0.3 is 0 Å². The highest BCUT2D eigenvalue weighted by Crippen LogP contribution is 2.25. The summed E-state index contributed by atoms with van der Waals surface area (Å²) in [5.74, 6) is 0.421. The number of hydrogen-bond donors (Lipinski definition) is 2. The Morgan fingerprint density at radius 1 is 0.889 bits per heavy atom. The van der Waals surface area contributed by atoms with Crippen LogP contribution in [0.15, 0.2) is 102 Å². The SMILES string of the molecule is Cn1c(C(NC(=O)CCNS(=O)(=O)c2ccc3ccccc3c2)c2ccccc2)nc2ccccc21. The largest absolute Gasteiger partial charge is 0.342 e. The van der Waals surface area contributed by atoms with Crippen LogP contribution >= 0.6 is 0 Å². The predicted molar refractivity (Wildman–Crippen MR) is 141 cm³/mol. The van der Waals surface area contributed by atoms with E-state index in [0.29, 0.717) is 5.82 Å². The summed E-state index contributed by atoms with van der Waals surface area (Å²) >= 11 is 0. The van der Waals surface area contributed by atoms with E-state index in [1.165, 1.54) is 0 Å². The number of nitrogens with zero attached hydrogens (tertiary/aromatic N) is 2.